The third kappa shape index (κ3) is 5.78. The van der Waals surface area contributed by atoms with Crippen LogP contribution in [0.5, 0.6) is 11.5 Å². The lowest BCUT2D eigenvalue weighted by molar-refractivity contribution is -0.120. The summed E-state index contributed by atoms with van der Waals surface area (Å²) in [6, 6.07) is 12.4. The molecule has 1 aliphatic rings. The summed E-state index contributed by atoms with van der Waals surface area (Å²) in [4.78, 5) is 12.7. The van der Waals surface area contributed by atoms with E-state index in [-0.39, 0.29) is 24.9 Å². The molecule has 3 rings (SSSR count). The van der Waals surface area contributed by atoms with Crippen molar-refractivity contribution >= 4 is 39.3 Å². The first-order chi connectivity index (χ1) is 14.8. The fourth-order valence-electron chi connectivity index (χ4n) is 3.38. The van der Waals surface area contributed by atoms with Crippen molar-refractivity contribution in [2.24, 2.45) is 5.92 Å². The zero-order chi connectivity index (χ0) is 22.4. The van der Waals surface area contributed by atoms with Gasteiger partial charge in [-0.25, -0.2) is 8.42 Å². The van der Waals surface area contributed by atoms with Crippen LogP contribution in [0.3, 0.4) is 0 Å². The number of methoxy groups -OCH3 is 2. The summed E-state index contributed by atoms with van der Waals surface area (Å²) in [5, 5.41) is 4.40. The molecule has 1 saturated heterocycles. The summed E-state index contributed by atoms with van der Waals surface area (Å²) in [6.07, 6.45) is 2.43. The molecule has 0 aliphatic carbocycles. The molecule has 0 atom stereocenters. The second-order valence-electron chi connectivity index (χ2n) is 7.11. The minimum atomic E-state index is -3.54. The average Bonchev–Trinajstić information content (AvgIpc) is 2.79. The van der Waals surface area contributed by atoms with Gasteiger partial charge in [0.25, 0.3) is 0 Å². The Kier molecular flexibility index (Phi) is 7.59. The van der Waals surface area contributed by atoms with E-state index < -0.39 is 10.0 Å². The molecule has 0 saturated carbocycles. The van der Waals surface area contributed by atoms with Gasteiger partial charge in [0.05, 0.1) is 24.9 Å². The Morgan fingerprint density at radius 3 is 2.35 bits per heavy atom. The zero-order valence-corrected chi connectivity index (χ0v) is 18.9. The van der Waals surface area contributed by atoms with Crippen LogP contribution in [0.15, 0.2) is 47.9 Å². The summed E-state index contributed by atoms with van der Waals surface area (Å²) in [5.74, 6) is 0.366. The highest BCUT2D eigenvalue weighted by atomic mass is 35.5. The number of hydrogen-bond acceptors (Lipinski definition) is 5. The van der Waals surface area contributed by atoms with Crippen LogP contribution >= 0.6 is 11.6 Å². The molecule has 166 valence electrons. The number of amides is 1. The van der Waals surface area contributed by atoms with Crippen molar-refractivity contribution < 1.29 is 22.7 Å². The highest BCUT2D eigenvalue weighted by Crippen LogP contribution is 2.36. The molecule has 1 N–H and O–H groups in total. The van der Waals surface area contributed by atoms with Crippen LogP contribution in [0.2, 0.25) is 5.02 Å². The number of sulfonamides is 1. The Balaban J connectivity index is 1.61. The third-order valence-electron chi connectivity index (χ3n) is 5.15. The number of nitrogens with zero attached hydrogens (tertiary/aromatic N) is 1. The number of benzene rings is 2. The Labute approximate surface area is 187 Å². The first-order valence-corrected chi connectivity index (χ1v) is 11.7. The number of nitrogens with one attached hydrogen (secondary N) is 1. The molecule has 0 aromatic heterocycles. The van der Waals surface area contributed by atoms with Gasteiger partial charge in [0.1, 0.15) is 11.5 Å². The standard InChI is InChI=1S/C22H25ClN2O5S/c1-29-20-15-21(30-2)19(14-18(20)23)24-22(26)17-8-11-25(12-9-17)31(27,28)13-10-16-6-4-3-5-7-16/h3-7,10,13-15,17H,8-9,11-12H2,1-2H3,(H,24,26)/b13-10+. The zero-order valence-electron chi connectivity index (χ0n) is 17.4. The molecule has 1 heterocycles. The van der Waals surface area contributed by atoms with Gasteiger partial charge in [0, 0.05) is 30.5 Å². The predicted molar refractivity (Wildman–Crippen MR) is 122 cm³/mol. The molecule has 1 aliphatic heterocycles. The normalized spacial score (nSPS) is 15.7. The van der Waals surface area contributed by atoms with E-state index in [0.29, 0.717) is 35.1 Å². The van der Waals surface area contributed by atoms with Crippen LogP contribution in [0.4, 0.5) is 5.69 Å². The van der Waals surface area contributed by atoms with Gasteiger partial charge in [0.15, 0.2) is 0 Å². The van der Waals surface area contributed by atoms with E-state index in [1.807, 2.05) is 30.3 Å². The fourth-order valence-corrected chi connectivity index (χ4v) is 4.84. The number of carbonyl (C=O) groups excluding carboxylic acids is 1. The minimum absolute atomic E-state index is 0.198. The van der Waals surface area contributed by atoms with Crippen molar-refractivity contribution in [2.45, 2.75) is 12.8 Å². The number of halogens is 1. The molecule has 31 heavy (non-hydrogen) atoms. The molecular weight excluding hydrogens is 440 g/mol. The molecule has 2 aromatic carbocycles. The van der Waals surface area contributed by atoms with Crippen molar-refractivity contribution in [3.8, 4) is 11.5 Å². The quantitative estimate of drug-likeness (QED) is 0.669. The highest BCUT2D eigenvalue weighted by Gasteiger charge is 2.30. The van der Waals surface area contributed by atoms with Gasteiger partial charge in [-0.15, -0.1) is 0 Å². The lowest BCUT2D eigenvalue weighted by Gasteiger charge is -2.29. The van der Waals surface area contributed by atoms with Crippen molar-refractivity contribution in [3.05, 3.63) is 58.5 Å². The van der Waals surface area contributed by atoms with E-state index >= 15 is 0 Å². The number of ether oxygens (including phenoxy) is 2. The van der Waals surface area contributed by atoms with Crippen molar-refractivity contribution in [3.63, 3.8) is 0 Å². The SMILES string of the molecule is COc1cc(OC)c(NC(=O)C2CCN(S(=O)(=O)/C=C/c3ccccc3)CC2)cc1Cl. The molecule has 1 amide bonds. The van der Waals surface area contributed by atoms with Gasteiger partial charge < -0.3 is 14.8 Å². The fraction of sp³-hybridized carbons (Fsp3) is 0.318. The van der Waals surface area contributed by atoms with Gasteiger partial charge in [-0.3, -0.25) is 4.79 Å². The first kappa shape index (κ1) is 23.1. The van der Waals surface area contributed by atoms with E-state index in [4.69, 9.17) is 21.1 Å². The summed E-state index contributed by atoms with van der Waals surface area (Å²) < 4.78 is 37.1. The van der Waals surface area contributed by atoms with Crippen LogP contribution in [-0.2, 0) is 14.8 Å². The lowest BCUT2D eigenvalue weighted by Crippen LogP contribution is -2.40. The molecule has 7 nitrogen and oxygen atoms in total. The van der Waals surface area contributed by atoms with Gasteiger partial charge in [-0.1, -0.05) is 41.9 Å². The van der Waals surface area contributed by atoms with E-state index in [1.54, 1.807) is 18.2 Å². The number of piperidine rings is 1. The third-order valence-corrected chi connectivity index (χ3v) is 7.01. The molecule has 1 fully saturated rings. The summed E-state index contributed by atoms with van der Waals surface area (Å²) >= 11 is 6.16. The van der Waals surface area contributed by atoms with Crippen LogP contribution in [0.1, 0.15) is 18.4 Å². The van der Waals surface area contributed by atoms with Gasteiger partial charge in [-0.05, 0) is 30.5 Å². The molecular formula is C22H25ClN2O5S. The van der Waals surface area contributed by atoms with Crippen LogP contribution in [0, 0.1) is 5.92 Å². The minimum Gasteiger partial charge on any atom is -0.495 e. The Bertz CT molecular complexity index is 1050. The topological polar surface area (TPSA) is 84.9 Å². The molecule has 0 bridgehead atoms. The number of rotatable bonds is 7. The maximum absolute atomic E-state index is 12.7. The lowest BCUT2D eigenvalue weighted by atomic mass is 9.97. The van der Waals surface area contributed by atoms with Gasteiger partial charge in [-0.2, -0.15) is 4.31 Å². The number of hydrogen-bond donors (Lipinski definition) is 1. The first-order valence-electron chi connectivity index (χ1n) is 9.79. The van der Waals surface area contributed by atoms with Gasteiger partial charge >= 0.3 is 0 Å². The highest BCUT2D eigenvalue weighted by molar-refractivity contribution is 7.92. The van der Waals surface area contributed by atoms with Crippen molar-refractivity contribution in [1.29, 1.82) is 0 Å². The number of anilines is 1. The van der Waals surface area contributed by atoms with E-state index in [1.165, 1.54) is 23.9 Å². The maximum Gasteiger partial charge on any atom is 0.236 e. The average molecular weight is 465 g/mol. The van der Waals surface area contributed by atoms with E-state index in [9.17, 15) is 13.2 Å². The maximum atomic E-state index is 12.7. The van der Waals surface area contributed by atoms with Crippen LogP contribution in [-0.4, -0.2) is 45.9 Å². The number of carbonyl (C=O) groups is 1. The van der Waals surface area contributed by atoms with Crippen LogP contribution < -0.4 is 14.8 Å². The van der Waals surface area contributed by atoms with E-state index in [2.05, 4.69) is 5.32 Å². The molecule has 0 radical (unpaired) electrons. The van der Waals surface area contributed by atoms with Crippen molar-refractivity contribution in [1.82, 2.24) is 4.31 Å². The second-order valence-corrected chi connectivity index (χ2v) is 9.33. The molecule has 2 aromatic rings. The van der Waals surface area contributed by atoms with E-state index in [0.717, 1.165) is 5.56 Å². The molecule has 9 heteroatoms. The predicted octanol–water partition coefficient (Wildman–Crippen LogP) is 4.01. The molecule has 0 unspecified atom stereocenters. The summed E-state index contributed by atoms with van der Waals surface area (Å²) in [6.45, 7) is 0.556. The largest absolute Gasteiger partial charge is 0.495 e. The molecule has 0 spiro atoms. The summed E-state index contributed by atoms with van der Waals surface area (Å²) in [7, 11) is -0.557. The smallest absolute Gasteiger partial charge is 0.236 e. The van der Waals surface area contributed by atoms with Crippen molar-refractivity contribution in [2.75, 3.05) is 32.6 Å². The monoisotopic (exact) mass is 464 g/mol. The Hall–Kier alpha value is -2.55. The second kappa shape index (κ2) is 10.2. The van der Waals surface area contributed by atoms with Crippen LogP contribution in [0.25, 0.3) is 6.08 Å². The summed E-state index contributed by atoms with van der Waals surface area (Å²) in [5.41, 5.74) is 1.26. The Morgan fingerprint density at radius 1 is 1.10 bits per heavy atom. The Morgan fingerprint density at radius 2 is 1.74 bits per heavy atom. The van der Waals surface area contributed by atoms with Gasteiger partial charge in [0.2, 0.25) is 15.9 Å².